The molecule has 0 N–H and O–H groups in total. The first-order valence-electron chi connectivity index (χ1n) is 11.9. The number of carbonyl (C=O) groups is 1. The highest BCUT2D eigenvalue weighted by atomic mass is 16.5. The Kier molecular flexibility index (Phi) is 6.87. The second-order valence-corrected chi connectivity index (χ2v) is 9.42. The number of hydrogen-bond acceptors (Lipinski definition) is 5. The molecule has 2 heterocycles. The van der Waals surface area contributed by atoms with Crippen molar-refractivity contribution in [3.8, 4) is 17.0 Å². The molecule has 1 atom stereocenters. The van der Waals surface area contributed by atoms with Crippen LogP contribution >= 0.6 is 0 Å². The lowest BCUT2D eigenvalue weighted by atomic mass is 9.99. The van der Waals surface area contributed by atoms with Gasteiger partial charge in [0.1, 0.15) is 5.75 Å². The van der Waals surface area contributed by atoms with Crippen molar-refractivity contribution in [1.29, 1.82) is 0 Å². The third-order valence-corrected chi connectivity index (χ3v) is 6.54. The zero-order valence-corrected chi connectivity index (χ0v) is 21.1. The monoisotopic (exact) mass is 458 g/mol. The fraction of sp³-hybridized carbons (Fsp3) is 0.393. The third-order valence-electron chi connectivity index (χ3n) is 6.54. The van der Waals surface area contributed by atoms with Crippen molar-refractivity contribution < 1.29 is 9.53 Å². The molecule has 6 heteroatoms. The molecule has 0 bridgehead atoms. The Morgan fingerprint density at radius 2 is 1.47 bits per heavy atom. The lowest BCUT2D eigenvalue weighted by Crippen LogP contribution is -2.52. The van der Waals surface area contributed by atoms with Crippen molar-refractivity contribution in [1.82, 2.24) is 15.1 Å². The number of amides is 1. The summed E-state index contributed by atoms with van der Waals surface area (Å²) in [5.41, 5.74) is 8.00. The number of ether oxygens (including phenoxy) is 1. The number of hydrogen-bond donors (Lipinski definition) is 0. The van der Waals surface area contributed by atoms with E-state index >= 15 is 0 Å². The van der Waals surface area contributed by atoms with Gasteiger partial charge in [-0.05, 0) is 99.7 Å². The van der Waals surface area contributed by atoms with E-state index in [0.29, 0.717) is 13.1 Å². The molecule has 1 amide bonds. The van der Waals surface area contributed by atoms with Crippen molar-refractivity contribution in [3.63, 3.8) is 0 Å². The quantitative estimate of drug-likeness (QED) is 0.550. The van der Waals surface area contributed by atoms with Crippen molar-refractivity contribution in [2.24, 2.45) is 0 Å². The number of nitrogens with zero attached hydrogens (tertiary/aromatic N) is 4. The van der Waals surface area contributed by atoms with E-state index in [2.05, 4.69) is 54.1 Å². The number of piperazine rings is 1. The normalized spacial score (nSPS) is 14.8. The number of aromatic nitrogens is 2. The third kappa shape index (κ3) is 5.22. The van der Waals surface area contributed by atoms with Crippen LogP contribution in [0.1, 0.15) is 34.7 Å². The summed E-state index contributed by atoms with van der Waals surface area (Å²) in [6.45, 7) is 15.0. The standard InChI is InChI=1S/C28H34N4O2/c1-18-13-19(2)15-24(14-18)34-23(6)28(33)32-11-9-31(10-12-32)27-8-7-26(29-30-27)25-17-21(4)20(3)16-22(25)5/h7-8,13-17,23H,9-12H2,1-6H3. The molecule has 1 unspecified atom stereocenters. The highest BCUT2D eigenvalue weighted by molar-refractivity contribution is 5.81. The largest absolute Gasteiger partial charge is 0.481 e. The topological polar surface area (TPSA) is 58.6 Å². The van der Waals surface area contributed by atoms with Crippen molar-refractivity contribution in [2.45, 2.75) is 47.6 Å². The summed E-state index contributed by atoms with van der Waals surface area (Å²) in [7, 11) is 0. The van der Waals surface area contributed by atoms with Crippen LogP contribution in [0.4, 0.5) is 5.82 Å². The molecule has 34 heavy (non-hydrogen) atoms. The minimum absolute atomic E-state index is 0.0189. The molecule has 2 aromatic carbocycles. The molecule has 0 radical (unpaired) electrons. The molecule has 1 aliphatic rings. The van der Waals surface area contributed by atoms with Gasteiger partial charge in [0, 0.05) is 31.7 Å². The smallest absolute Gasteiger partial charge is 0.263 e. The van der Waals surface area contributed by atoms with Gasteiger partial charge in [0.25, 0.3) is 5.91 Å². The van der Waals surface area contributed by atoms with Gasteiger partial charge in [-0.15, -0.1) is 10.2 Å². The van der Waals surface area contributed by atoms with Gasteiger partial charge in [0.2, 0.25) is 0 Å². The molecule has 178 valence electrons. The number of benzene rings is 2. The average molecular weight is 459 g/mol. The summed E-state index contributed by atoms with van der Waals surface area (Å²) in [5, 5.41) is 9.00. The summed E-state index contributed by atoms with van der Waals surface area (Å²) in [4.78, 5) is 17.0. The summed E-state index contributed by atoms with van der Waals surface area (Å²) in [5.74, 6) is 1.61. The van der Waals surface area contributed by atoms with Gasteiger partial charge in [-0.3, -0.25) is 4.79 Å². The maximum Gasteiger partial charge on any atom is 0.263 e. The molecule has 1 fully saturated rings. The van der Waals surface area contributed by atoms with E-state index in [0.717, 1.165) is 47.0 Å². The molecule has 1 aliphatic heterocycles. The molecular formula is C28H34N4O2. The van der Waals surface area contributed by atoms with E-state index in [-0.39, 0.29) is 5.91 Å². The zero-order chi connectivity index (χ0) is 24.4. The Hall–Kier alpha value is -3.41. The number of carbonyl (C=O) groups excluding carboxylic acids is 1. The first-order chi connectivity index (χ1) is 16.2. The Morgan fingerprint density at radius 3 is 2.09 bits per heavy atom. The van der Waals surface area contributed by atoms with Crippen molar-refractivity contribution in [3.05, 3.63) is 70.3 Å². The molecule has 1 aromatic heterocycles. The maximum absolute atomic E-state index is 13.0. The minimum atomic E-state index is -0.520. The van der Waals surface area contributed by atoms with Crippen LogP contribution in [0.15, 0.2) is 42.5 Å². The fourth-order valence-electron chi connectivity index (χ4n) is 4.54. The molecule has 0 saturated carbocycles. The highest BCUT2D eigenvalue weighted by Crippen LogP contribution is 2.26. The molecule has 0 spiro atoms. The van der Waals surface area contributed by atoms with Gasteiger partial charge >= 0.3 is 0 Å². The number of aryl methyl sites for hydroxylation is 5. The second-order valence-electron chi connectivity index (χ2n) is 9.42. The molecular weight excluding hydrogens is 424 g/mol. The summed E-state index contributed by atoms with van der Waals surface area (Å²) in [6, 6.07) is 14.5. The van der Waals surface area contributed by atoms with Crippen LogP contribution in [0, 0.1) is 34.6 Å². The van der Waals surface area contributed by atoms with Gasteiger partial charge < -0.3 is 14.5 Å². The van der Waals surface area contributed by atoms with E-state index < -0.39 is 6.10 Å². The Labute approximate surface area is 202 Å². The molecule has 1 saturated heterocycles. The summed E-state index contributed by atoms with van der Waals surface area (Å²) < 4.78 is 5.96. The van der Waals surface area contributed by atoms with E-state index in [1.807, 2.05) is 49.9 Å². The summed E-state index contributed by atoms with van der Waals surface area (Å²) in [6.07, 6.45) is -0.520. The van der Waals surface area contributed by atoms with Crippen LogP contribution in [0.2, 0.25) is 0 Å². The predicted molar refractivity (Wildman–Crippen MR) is 136 cm³/mol. The van der Waals surface area contributed by atoms with Crippen molar-refractivity contribution >= 4 is 11.7 Å². The van der Waals surface area contributed by atoms with Crippen molar-refractivity contribution in [2.75, 3.05) is 31.1 Å². The van der Waals surface area contributed by atoms with Crippen LogP contribution in [0.25, 0.3) is 11.3 Å². The molecule has 0 aliphatic carbocycles. The highest BCUT2D eigenvalue weighted by Gasteiger charge is 2.27. The molecule has 6 nitrogen and oxygen atoms in total. The van der Waals surface area contributed by atoms with Crippen LogP contribution < -0.4 is 9.64 Å². The molecule has 4 rings (SSSR count). The van der Waals surface area contributed by atoms with Gasteiger partial charge in [0.05, 0.1) is 5.69 Å². The SMILES string of the molecule is Cc1cc(C)cc(OC(C)C(=O)N2CCN(c3ccc(-c4cc(C)c(C)cc4C)nn3)CC2)c1. The first-order valence-corrected chi connectivity index (χ1v) is 11.9. The van der Waals surface area contributed by atoms with Gasteiger partial charge in [-0.25, -0.2) is 0 Å². The fourth-order valence-corrected chi connectivity index (χ4v) is 4.54. The minimum Gasteiger partial charge on any atom is -0.481 e. The first kappa shape index (κ1) is 23.7. The lowest BCUT2D eigenvalue weighted by Gasteiger charge is -2.36. The Balaban J connectivity index is 1.36. The van der Waals surface area contributed by atoms with E-state index in [1.54, 1.807) is 0 Å². The predicted octanol–water partition coefficient (Wildman–Crippen LogP) is 4.80. The molecule has 3 aromatic rings. The lowest BCUT2D eigenvalue weighted by molar-refractivity contribution is -0.138. The number of anilines is 1. The Bertz CT molecular complexity index is 1160. The number of rotatable bonds is 5. The zero-order valence-electron chi connectivity index (χ0n) is 21.1. The van der Waals surface area contributed by atoms with Crippen LogP contribution in [-0.4, -0.2) is 53.3 Å². The van der Waals surface area contributed by atoms with E-state index in [9.17, 15) is 4.79 Å². The van der Waals surface area contributed by atoms with Gasteiger partial charge in [-0.1, -0.05) is 12.1 Å². The van der Waals surface area contributed by atoms with Crippen LogP contribution in [-0.2, 0) is 4.79 Å². The van der Waals surface area contributed by atoms with E-state index in [4.69, 9.17) is 4.74 Å². The summed E-state index contributed by atoms with van der Waals surface area (Å²) >= 11 is 0. The second kappa shape index (κ2) is 9.84. The van der Waals surface area contributed by atoms with Crippen LogP contribution in [0.3, 0.4) is 0 Å². The van der Waals surface area contributed by atoms with E-state index in [1.165, 1.54) is 16.7 Å². The maximum atomic E-state index is 13.0. The Morgan fingerprint density at radius 1 is 0.824 bits per heavy atom. The van der Waals surface area contributed by atoms with Gasteiger partial charge in [-0.2, -0.15) is 0 Å². The average Bonchev–Trinajstić information content (AvgIpc) is 2.80. The van der Waals surface area contributed by atoms with Gasteiger partial charge in [0.15, 0.2) is 11.9 Å². The van der Waals surface area contributed by atoms with Crippen LogP contribution in [0.5, 0.6) is 5.75 Å².